The lowest BCUT2D eigenvalue weighted by atomic mass is 10.00. The predicted octanol–water partition coefficient (Wildman–Crippen LogP) is 3.80. The van der Waals surface area contributed by atoms with Gasteiger partial charge in [0, 0.05) is 16.8 Å². The normalized spacial score (nSPS) is 15.5. The highest BCUT2D eigenvalue weighted by Crippen LogP contribution is 2.33. The molecule has 0 radical (unpaired) electrons. The van der Waals surface area contributed by atoms with Crippen LogP contribution in [0.3, 0.4) is 0 Å². The molecule has 19 heavy (non-hydrogen) atoms. The van der Waals surface area contributed by atoms with Crippen LogP contribution in [0, 0.1) is 13.8 Å². The number of anilines is 1. The summed E-state index contributed by atoms with van der Waals surface area (Å²) in [5, 5.41) is 2.89. The molecule has 1 N–H and O–H groups in total. The third kappa shape index (κ3) is 2.06. The molecular formula is C17H15NO. The molecule has 2 aromatic rings. The Labute approximate surface area is 112 Å². The van der Waals surface area contributed by atoms with Gasteiger partial charge in [-0.05, 0) is 37.1 Å². The SMILES string of the molecule is Cc1ccc(C)c(/C=C2\C(=O)Nc3ccccc32)c1. The number of rotatable bonds is 1. The van der Waals surface area contributed by atoms with Crippen molar-refractivity contribution in [2.45, 2.75) is 13.8 Å². The first-order chi connectivity index (χ1) is 9.15. The van der Waals surface area contributed by atoms with Gasteiger partial charge in [-0.3, -0.25) is 4.79 Å². The number of benzene rings is 2. The first-order valence-electron chi connectivity index (χ1n) is 6.35. The number of carbonyl (C=O) groups excluding carboxylic acids is 1. The van der Waals surface area contributed by atoms with E-state index in [2.05, 4.69) is 37.4 Å². The summed E-state index contributed by atoms with van der Waals surface area (Å²) in [6.07, 6.45) is 1.98. The van der Waals surface area contributed by atoms with Gasteiger partial charge in [0.25, 0.3) is 5.91 Å². The predicted molar refractivity (Wildman–Crippen MR) is 78.9 cm³/mol. The van der Waals surface area contributed by atoms with E-state index in [1.807, 2.05) is 30.3 Å². The Morgan fingerprint density at radius 3 is 2.68 bits per heavy atom. The van der Waals surface area contributed by atoms with Crippen LogP contribution < -0.4 is 5.32 Å². The molecule has 0 fully saturated rings. The molecule has 2 aromatic carbocycles. The zero-order valence-electron chi connectivity index (χ0n) is 11.0. The second-order valence-electron chi connectivity index (χ2n) is 4.92. The average Bonchev–Trinajstić information content (AvgIpc) is 2.71. The topological polar surface area (TPSA) is 29.1 Å². The van der Waals surface area contributed by atoms with Crippen molar-refractivity contribution in [1.82, 2.24) is 0 Å². The van der Waals surface area contributed by atoms with Gasteiger partial charge in [0.15, 0.2) is 0 Å². The maximum atomic E-state index is 12.1. The summed E-state index contributed by atoms with van der Waals surface area (Å²) in [5.41, 5.74) is 6.09. The van der Waals surface area contributed by atoms with Gasteiger partial charge in [-0.2, -0.15) is 0 Å². The fraction of sp³-hybridized carbons (Fsp3) is 0.118. The molecule has 0 saturated heterocycles. The number of hydrogen-bond acceptors (Lipinski definition) is 1. The van der Waals surface area contributed by atoms with Crippen LogP contribution in [0.4, 0.5) is 5.69 Å². The number of carbonyl (C=O) groups is 1. The summed E-state index contributed by atoms with van der Waals surface area (Å²) in [6.45, 7) is 4.12. The molecular weight excluding hydrogens is 234 g/mol. The number of nitrogens with one attached hydrogen (secondary N) is 1. The van der Waals surface area contributed by atoms with E-state index in [-0.39, 0.29) is 5.91 Å². The van der Waals surface area contributed by atoms with Gasteiger partial charge in [0.2, 0.25) is 0 Å². The van der Waals surface area contributed by atoms with Crippen LogP contribution in [-0.4, -0.2) is 5.91 Å². The Hall–Kier alpha value is -2.35. The van der Waals surface area contributed by atoms with E-state index in [0.29, 0.717) is 0 Å². The van der Waals surface area contributed by atoms with E-state index in [0.717, 1.165) is 22.4 Å². The van der Waals surface area contributed by atoms with E-state index in [1.54, 1.807) is 0 Å². The van der Waals surface area contributed by atoms with Crippen LogP contribution in [0.5, 0.6) is 0 Å². The van der Waals surface area contributed by atoms with Crippen LogP contribution in [0.25, 0.3) is 11.6 Å². The van der Waals surface area contributed by atoms with Gasteiger partial charge >= 0.3 is 0 Å². The van der Waals surface area contributed by atoms with Crippen molar-refractivity contribution < 1.29 is 4.79 Å². The maximum Gasteiger partial charge on any atom is 0.256 e. The van der Waals surface area contributed by atoms with E-state index in [4.69, 9.17) is 0 Å². The lowest BCUT2D eigenvalue weighted by Gasteiger charge is -2.03. The first-order valence-corrected chi connectivity index (χ1v) is 6.35. The van der Waals surface area contributed by atoms with Crippen LogP contribution in [0.2, 0.25) is 0 Å². The highest BCUT2D eigenvalue weighted by atomic mass is 16.2. The van der Waals surface area contributed by atoms with Crippen molar-refractivity contribution in [2.24, 2.45) is 0 Å². The molecule has 2 nitrogen and oxygen atoms in total. The maximum absolute atomic E-state index is 12.1. The number of amides is 1. The minimum atomic E-state index is -0.0258. The Kier molecular flexibility index (Phi) is 2.71. The smallest absolute Gasteiger partial charge is 0.256 e. The second-order valence-corrected chi connectivity index (χ2v) is 4.92. The van der Waals surface area contributed by atoms with Gasteiger partial charge in [0.1, 0.15) is 0 Å². The van der Waals surface area contributed by atoms with Crippen LogP contribution >= 0.6 is 0 Å². The zero-order chi connectivity index (χ0) is 13.4. The Bertz CT molecular complexity index is 698. The number of para-hydroxylation sites is 1. The molecule has 0 unspecified atom stereocenters. The van der Waals surface area contributed by atoms with Crippen molar-refractivity contribution in [2.75, 3.05) is 5.32 Å². The van der Waals surface area contributed by atoms with Gasteiger partial charge in [0.05, 0.1) is 0 Å². The number of fused-ring (bicyclic) bond motifs is 1. The number of aryl methyl sites for hydroxylation is 2. The summed E-state index contributed by atoms with van der Waals surface area (Å²) >= 11 is 0. The molecule has 94 valence electrons. The van der Waals surface area contributed by atoms with Crippen LogP contribution in [0.15, 0.2) is 42.5 Å². The molecule has 0 aliphatic carbocycles. The van der Waals surface area contributed by atoms with Crippen molar-refractivity contribution >= 4 is 23.2 Å². The Morgan fingerprint density at radius 2 is 1.84 bits per heavy atom. The average molecular weight is 249 g/mol. The summed E-state index contributed by atoms with van der Waals surface area (Å²) in [6, 6.07) is 14.1. The van der Waals surface area contributed by atoms with E-state index < -0.39 is 0 Å². The van der Waals surface area contributed by atoms with E-state index in [9.17, 15) is 4.79 Å². The standard InChI is InChI=1S/C17H15NO/c1-11-7-8-12(2)13(9-11)10-15-14-5-3-4-6-16(14)18-17(15)19/h3-10H,1-2H3,(H,18,19)/b15-10-. The van der Waals surface area contributed by atoms with Crippen molar-refractivity contribution in [1.29, 1.82) is 0 Å². The summed E-state index contributed by atoms with van der Waals surface area (Å²) in [5.74, 6) is -0.0258. The highest BCUT2D eigenvalue weighted by molar-refractivity contribution is 6.34. The largest absolute Gasteiger partial charge is 0.321 e. The molecule has 0 saturated carbocycles. The molecule has 0 bridgehead atoms. The fourth-order valence-electron chi connectivity index (χ4n) is 2.35. The van der Waals surface area contributed by atoms with Gasteiger partial charge in [-0.15, -0.1) is 0 Å². The molecule has 2 heteroatoms. The molecule has 1 amide bonds. The van der Waals surface area contributed by atoms with Crippen molar-refractivity contribution in [3.8, 4) is 0 Å². The third-order valence-electron chi connectivity index (χ3n) is 3.44. The molecule has 3 rings (SSSR count). The Balaban J connectivity index is 2.14. The van der Waals surface area contributed by atoms with Gasteiger partial charge in [-0.1, -0.05) is 42.0 Å². The fourth-order valence-corrected chi connectivity index (χ4v) is 2.35. The highest BCUT2D eigenvalue weighted by Gasteiger charge is 2.23. The zero-order valence-corrected chi connectivity index (χ0v) is 11.0. The minimum Gasteiger partial charge on any atom is -0.321 e. The summed E-state index contributed by atoms with van der Waals surface area (Å²) in [7, 11) is 0. The lowest BCUT2D eigenvalue weighted by Crippen LogP contribution is -2.03. The molecule has 1 aliphatic rings. The third-order valence-corrected chi connectivity index (χ3v) is 3.44. The second kappa shape index (κ2) is 4.39. The molecule has 1 aliphatic heterocycles. The summed E-state index contributed by atoms with van der Waals surface area (Å²) in [4.78, 5) is 12.1. The number of hydrogen-bond donors (Lipinski definition) is 1. The van der Waals surface area contributed by atoms with Gasteiger partial charge < -0.3 is 5.32 Å². The Morgan fingerprint density at radius 1 is 1.05 bits per heavy atom. The van der Waals surface area contributed by atoms with Crippen LogP contribution in [-0.2, 0) is 4.79 Å². The first kappa shape index (κ1) is 11.7. The minimum absolute atomic E-state index is 0.0258. The quantitative estimate of drug-likeness (QED) is 0.765. The monoisotopic (exact) mass is 249 g/mol. The lowest BCUT2D eigenvalue weighted by molar-refractivity contribution is -0.110. The van der Waals surface area contributed by atoms with Crippen molar-refractivity contribution in [3.63, 3.8) is 0 Å². The molecule has 0 spiro atoms. The molecule has 0 atom stereocenters. The van der Waals surface area contributed by atoms with E-state index in [1.165, 1.54) is 11.1 Å². The van der Waals surface area contributed by atoms with Gasteiger partial charge in [-0.25, -0.2) is 0 Å². The molecule has 1 heterocycles. The summed E-state index contributed by atoms with van der Waals surface area (Å²) < 4.78 is 0. The van der Waals surface area contributed by atoms with E-state index >= 15 is 0 Å². The molecule has 0 aromatic heterocycles. The van der Waals surface area contributed by atoms with Crippen molar-refractivity contribution in [3.05, 3.63) is 64.7 Å². The van der Waals surface area contributed by atoms with Crippen LogP contribution in [0.1, 0.15) is 22.3 Å².